The summed E-state index contributed by atoms with van der Waals surface area (Å²) in [7, 11) is -3.64. The Kier molecular flexibility index (Phi) is 7.06. The molecule has 1 N–H and O–H groups in total. The van der Waals surface area contributed by atoms with Crippen molar-refractivity contribution in [2.24, 2.45) is 0 Å². The highest BCUT2D eigenvalue weighted by Crippen LogP contribution is 2.46. The molecule has 4 nitrogen and oxygen atoms in total. The predicted molar refractivity (Wildman–Crippen MR) is 143 cm³/mol. The van der Waals surface area contributed by atoms with Crippen molar-refractivity contribution in [1.82, 2.24) is 4.90 Å². The van der Waals surface area contributed by atoms with Crippen molar-refractivity contribution in [3.63, 3.8) is 0 Å². The van der Waals surface area contributed by atoms with E-state index < -0.39 is 21.5 Å². The van der Waals surface area contributed by atoms with E-state index >= 15 is 0 Å². The second kappa shape index (κ2) is 10.4. The summed E-state index contributed by atoms with van der Waals surface area (Å²) in [6.07, 6.45) is 0.564. The first-order valence-corrected chi connectivity index (χ1v) is 14.1. The van der Waals surface area contributed by atoms with Crippen LogP contribution in [0.4, 0.5) is 0 Å². The number of hydrogen-bond donors (Lipinski definition) is 1. The van der Waals surface area contributed by atoms with E-state index in [1.807, 2.05) is 54.6 Å². The van der Waals surface area contributed by atoms with Crippen LogP contribution in [0.15, 0.2) is 126 Å². The van der Waals surface area contributed by atoms with Gasteiger partial charge >= 0.3 is 0 Å². The third kappa shape index (κ3) is 4.50. The first kappa shape index (κ1) is 24.4. The van der Waals surface area contributed by atoms with E-state index in [4.69, 9.17) is 0 Å². The van der Waals surface area contributed by atoms with Crippen LogP contribution in [0.25, 0.3) is 0 Å². The molecule has 0 bridgehead atoms. The van der Waals surface area contributed by atoms with Crippen LogP contribution in [0.2, 0.25) is 0 Å². The maximum atomic E-state index is 13.2. The van der Waals surface area contributed by atoms with Gasteiger partial charge in [-0.2, -0.15) is 0 Å². The van der Waals surface area contributed by atoms with E-state index in [-0.39, 0.29) is 16.7 Å². The van der Waals surface area contributed by atoms with E-state index in [2.05, 4.69) is 41.3 Å². The van der Waals surface area contributed by atoms with Gasteiger partial charge in [0, 0.05) is 12.6 Å². The van der Waals surface area contributed by atoms with E-state index in [0.717, 1.165) is 36.1 Å². The van der Waals surface area contributed by atoms with E-state index in [1.165, 1.54) is 0 Å². The molecule has 0 spiro atoms. The number of benzene rings is 4. The molecule has 1 heterocycles. The Hall–Kier alpha value is -3.25. The van der Waals surface area contributed by atoms with Crippen molar-refractivity contribution in [1.29, 1.82) is 0 Å². The van der Waals surface area contributed by atoms with Gasteiger partial charge in [0.2, 0.25) is 0 Å². The van der Waals surface area contributed by atoms with Crippen LogP contribution in [-0.2, 0) is 15.4 Å². The SMILES string of the molecule is O=S(=O)(C[C@H](O)[C@H]1CCCN1C(c1ccccc1)(c1ccccc1)c1ccccc1)c1ccccc1. The number of nitrogens with zero attached hydrogens (tertiary/aromatic N) is 1. The maximum Gasteiger partial charge on any atom is 0.180 e. The molecule has 0 radical (unpaired) electrons. The maximum absolute atomic E-state index is 13.2. The van der Waals surface area contributed by atoms with Gasteiger partial charge in [0.05, 0.1) is 22.3 Å². The average Bonchev–Trinajstić information content (AvgIpc) is 3.42. The third-order valence-corrected chi connectivity index (χ3v) is 9.01. The highest BCUT2D eigenvalue weighted by Gasteiger charge is 2.49. The Balaban J connectivity index is 1.64. The molecule has 0 unspecified atom stereocenters. The van der Waals surface area contributed by atoms with Crippen molar-refractivity contribution in [2.45, 2.75) is 35.4 Å². The van der Waals surface area contributed by atoms with Gasteiger partial charge in [0.25, 0.3) is 0 Å². The summed E-state index contributed by atoms with van der Waals surface area (Å²) in [5.41, 5.74) is 2.59. The fourth-order valence-corrected chi connectivity index (χ4v) is 7.14. The van der Waals surface area contributed by atoms with E-state index in [9.17, 15) is 13.5 Å². The summed E-state index contributed by atoms with van der Waals surface area (Å²) in [4.78, 5) is 2.58. The molecule has 0 saturated carbocycles. The zero-order valence-electron chi connectivity index (χ0n) is 20.1. The minimum Gasteiger partial charge on any atom is -0.390 e. The van der Waals surface area contributed by atoms with E-state index in [0.29, 0.717) is 0 Å². The summed E-state index contributed by atoms with van der Waals surface area (Å²) in [6, 6.07) is 39.1. The molecule has 0 amide bonds. The van der Waals surface area contributed by atoms with Crippen LogP contribution in [0.3, 0.4) is 0 Å². The zero-order chi connectivity index (χ0) is 25.0. The quantitative estimate of drug-likeness (QED) is 0.337. The monoisotopic (exact) mass is 497 g/mol. The molecule has 1 aliphatic heterocycles. The molecular weight excluding hydrogens is 466 g/mol. The molecule has 36 heavy (non-hydrogen) atoms. The largest absolute Gasteiger partial charge is 0.390 e. The summed E-state index contributed by atoms with van der Waals surface area (Å²) >= 11 is 0. The van der Waals surface area contributed by atoms with Crippen LogP contribution < -0.4 is 0 Å². The van der Waals surface area contributed by atoms with Gasteiger partial charge < -0.3 is 5.11 Å². The standard InChI is InChI=1S/C31H31NO3S/c33-30(24-36(34,35)28-20-11-4-12-21-28)29-22-13-23-32(29)31(25-14-5-1-6-15-25,26-16-7-2-8-17-26)27-18-9-3-10-19-27/h1-12,14-21,29-30,33H,13,22-24H2/t29-,30+/m1/s1. The highest BCUT2D eigenvalue weighted by atomic mass is 32.2. The molecule has 1 fully saturated rings. The molecule has 4 aromatic rings. The molecule has 5 rings (SSSR count). The smallest absolute Gasteiger partial charge is 0.180 e. The molecular formula is C31H31NO3S. The lowest BCUT2D eigenvalue weighted by Gasteiger charge is -2.47. The second-order valence-electron chi connectivity index (χ2n) is 9.37. The van der Waals surface area contributed by atoms with Gasteiger partial charge in [-0.25, -0.2) is 8.42 Å². The van der Waals surface area contributed by atoms with Gasteiger partial charge in [-0.3, -0.25) is 4.90 Å². The summed E-state index contributed by atoms with van der Waals surface area (Å²) < 4.78 is 26.4. The second-order valence-corrected chi connectivity index (χ2v) is 11.4. The predicted octanol–water partition coefficient (Wildman–Crippen LogP) is 5.28. The zero-order valence-corrected chi connectivity index (χ0v) is 21.0. The first-order chi connectivity index (χ1) is 17.5. The Morgan fingerprint density at radius 3 is 1.58 bits per heavy atom. The third-order valence-electron chi connectivity index (χ3n) is 7.24. The normalized spacial score (nSPS) is 17.6. The Labute approximate surface area is 213 Å². The van der Waals surface area contributed by atoms with Crippen molar-refractivity contribution >= 4 is 9.84 Å². The number of rotatable bonds is 8. The lowest BCUT2D eigenvalue weighted by Crippen LogP contribution is -2.54. The van der Waals surface area contributed by atoms with Crippen molar-refractivity contribution in [3.05, 3.63) is 138 Å². The van der Waals surface area contributed by atoms with Crippen molar-refractivity contribution < 1.29 is 13.5 Å². The Morgan fingerprint density at radius 1 is 0.722 bits per heavy atom. The number of hydrogen-bond acceptors (Lipinski definition) is 4. The van der Waals surface area contributed by atoms with Gasteiger partial charge in [-0.1, -0.05) is 109 Å². The fourth-order valence-electron chi connectivity index (χ4n) is 5.70. The van der Waals surface area contributed by atoms with Crippen LogP contribution in [0.5, 0.6) is 0 Å². The lowest BCUT2D eigenvalue weighted by atomic mass is 9.75. The Morgan fingerprint density at radius 2 is 1.14 bits per heavy atom. The summed E-state index contributed by atoms with van der Waals surface area (Å²) in [6.45, 7) is 0.742. The summed E-state index contributed by atoms with van der Waals surface area (Å²) in [5.74, 6) is -0.313. The molecule has 1 saturated heterocycles. The number of aliphatic hydroxyl groups is 1. The molecule has 4 aromatic carbocycles. The van der Waals surface area contributed by atoms with Gasteiger partial charge in [0.15, 0.2) is 9.84 Å². The molecule has 184 valence electrons. The molecule has 0 aromatic heterocycles. The van der Waals surface area contributed by atoms with E-state index in [1.54, 1.807) is 30.3 Å². The van der Waals surface area contributed by atoms with Crippen LogP contribution in [-0.4, -0.2) is 42.9 Å². The molecule has 0 aliphatic carbocycles. The number of likely N-dealkylation sites (tertiary alicyclic amines) is 1. The molecule has 5 heteroatoms. The van der Waals surface area contributed by atoms with Crippen LogP contribution in [0, 0.1) is 0 Å². The van der Waals surface area contributed by atoms with Gasteiger partial charge in [0.1, 0.15) is 0 Å². The lowest BCUT2D eigenvalue weighted by molar-refractivity contribution is 0.0451. The number of sulfone groups is 1. The van der Waals surface area contributed by atoms with Crippen molar-refractivity contribution in [3.8, 4) is 0 Å². The van der Waals surface area contributed by atoms with Gasteiger partial charge in [-0.05, 0) is 41.7 Å². The van der Waals surface area contributed by atoms with Gasteiger partial charge in [-0.15, -0.1) is 0 Å². The first-order valence-electron chi connectivity index (χ1n) is 12.4. The molecule has 2 atom stereocenters. The highest BCUT2D eigenvalue weighted by molar-refractivity contribution is 7.91. The topological polar surface area (TPSA) is 57.6 Å². The minimum absolute atomic E-state index is 0.244. The summed E-state index contributed by atoms with van der Waals surface area (Å²) in [5, 5.41) is 11.5. The van der Waals surface area contributed by atoms with Crippen LogP contribution >= 0.6 is 0 Å². The minimum atomic E-state index is -3.64. The van der Waals surface area contributed by atoms with Crippen LogP contribution in [0.1, 0.15) is 29.5 Å². The average molecular weight is 498 g/mol. The molecule has 1 aliphatic rings. The number of aliphatic hydroxyl groups excluding tert-OH is 1. The Bertz CT molecular complexity index is 1260. The van der Waals surface area contributed by atoms with Crippen molar-refractivity contribution in [2.75, 3.05) is 12.3 Å². The fraction of sp³-hybridized carbons (Fsp3) is 0.226.